The second-order valence-corrected chi connectivity index (χ2v) is 3.10. The van der Waals surface area contributed by atoms with Crippen LogP contribution in [0.3, 0.4) is 0 Å². The average Bonchev–Trinajstić information content (AvgIpc) is 2.28. The number of rotatable bonds is 2. The van der Waals surface area contributed by atoms with Crippen molar-refractivity contribution in [2.45, 2.75) is 13.0 Å². The van der Waals surface area contributed by atoms with E-state index in [-0.39, 0.29) is 0 Å². The molecule has 0 spiro atoms. The van der Waals surface area contributed by atoms with Crippen molar-refractivity contribution in [1.29, 1.82) is 5.26 Å². The minimum atomic E-state index is -0.532. The first-order valence-corrected chi connectivity index (χ1v) is 4.54. The SMILES string of the molecule is CC(C#N)N(C)C(=O)Oc1ccccc1. The second-order valence-electron chi connectivity index (χ2n) is 3.10. The van der Waals surface area contributed by atoms with Crippen LogP contribution >= 0.6 is 0 Å². The fourth-order valence-electron chi connectivity index (χ4n) is 0.906. The number of hydrogen-bond acceptors (Lipinski definition) is 3. The first-order valence-electron chi connectivity index (χ1n) is 4.54. The zero-order valence-corrected chi connectivity index (χ0v) is 8.68. The van der Waals surface area contributed by atoms with E-state index in [9.17, 15) is 4.79 Å². The van der Waals surface area contributed by atoms with E-state index in [1.165, 1.54) is 11.9 Å². The van der Waals surface area contributed by atoms with Gasteiger partial charge in [-0.3, -0.25) is 4.90 Å². The molecule has 0 aliphatic carbocycles. The van der Waals surface area contributed by atoms with Crippen molar-refractivity contribution in [2.24, 2.45) is 0 Å². The van der Waals surface area contributed by atoms with Crippen LogP contribution in [-0.2, 0) is 0 Å². The summed E-state index contributed by atoms with van der Waals surface area (Å²) in [6.45, 7) is 1.63. The highest BCUT2D eigenvalue weighted by molar-refractivity contribution is 5.71. The van der Waals surface area contributed by atoms with Crippen molar-refractivity contribution >= 4 is 6.09 Å². The van der Waals surface area contributed by atoms with Crippen LogP contribution in [0, 0.1) is 11.3 Å². The van der Waals surface area contributed by atoms with E-state index in [1.54, 1.807) is 31.2 Å². The number of nitrogens with zero attached hydrogens (tertiary/aromatic N) is 2. The van der Waals surface area contributed by atoms with Crippen LogP contribution < -0.4 is 4.74 Å². The molecule has 1 aromatic rings. The third-order valence-corrected chi connectivity index (χ3v) is 2.00. The number of amides is 1. The van der Waals surface area contributed by atoms with Crippen molar-refractivity contribution in [2.75, 3.05) is 7.05 Å². The monoisotopic (exact) mass is 204 g/mol. The van der Waals surface area contributed by atoms with Gasteiger partial charge >= 0.3 is 6.09 Å². The normalized spacial score (nSPS) is 11.3. The Kier molecular flexibility index (Phi) is 3.69. The molecule has 4 nitrogen and oxygen atoms in total. The van der Waals surface area contributed by atoms with Crippen LogP contribution in [0.5, 0.6) is 5.75 Å². The van der Waals surface area contributed by atoms with Gasteiger partial charge in [-0.25, -0.2) is 4.79 Å². The quantitative estimate of drug-likeness (QED) is 0.740. The van der Waals surface area contributed by atoms with Crippen LogP contribution in [0.1, 0.15) is 6.92 Å². The maximum absolute atomic E-state index is 11.5. The first kappa shape index (κ1) is 11.1. The van der Waals surface area contributed by atoms with Gasteiger partial charge in [0.1, 0.15) is 11.8 Å². The summed E-state index contributed by atoms with van der Waals surface area (Å²) < 4.78 is 5.04. The summed E-state index contributed by atoms with van der Waals surface area (Å²) in [7, 11) is 1.53. The molecule has 1 aromatic carbocycles. The van der Waals surface area contributed by atoms with Gasteiger partial charge < -0.3 is 4.74 Å². The van der Waals surface area contributed by atoms with Crippen LogP contribution in [0.25, 0.3) is 0 Å². The van der Waals surface area contributed by atoms with Crippen molar-refractivity contribution in [3.05, 3.63) is 30.3 Å². The molecule has 4 heteroatoms. The Hall–Kier alpha value is -2.02. The number of benzene rings is 1. The molecule has 0 fully saturated rings. The van der Waals surface area contributed by atoms with E-state index in [1.807, 2.05) is 12.1 Å². The van der Waals surface area contributed by atoms with E-state index in [0.29, 0.717) is 5.75 Å². The predicted octanol–water partition coefficient (Wildman–Crippen LogP) is 2.03. The van der Waals surface area contributed by atoms with E-state index < -0.39 is 12.1 Å². The molecule has 0 bridgehead atoms. The molecular weight excluding hydrogens is 192 g/mol. The second kappa shape index (κ2) is 5.01. The largest absolute Gasteiger partial charge is 0.416 e. The molecule has 0 aliphatic heterocycles. The Morgan fingerprint density at radius 2 is 2.07 bits per heavy atom. The third-order valence-electron chi connectivity index (χ3n) is 2.00. The molecule has 0 radical (unpaired) electrons. The minimum Gasteiger partial charge on any atom is -0.410 e. The Morgan fingerprint density at radius 1 is 1.47 bits per heavy atom. The fourth-order valence-corrected chi connectivity index (χ4v) is 0.906. The topological polar surface area (TPSA) is 53.3 Å². The zero-order chi connectivity index (χ0) is 11.3. The molecule has 0 aromatic heterocycles. The van der Waals surface area contributed by atoms with Gasteiger partial charge in [0.2, 0.25) is 0 Å². The Bertz CT molecular complexity index is 370. The summed E-state index contributed by atoms with van der Waals surface area (Å²) in [5.74, 6) is 0.472. The Morgan fingerprint density at radius 3 is 2.60 bits per heavy atom. The maximum atomic E-state index is 11.5. The van der Waals surface area contributed by atoms with Crippen LogP contribution in [-0.4, -0.2) is 24.1 Å². The van der Waals surface area contributed by atoms with Gasteiger partial charge in [0, 0.05) is 7.05 Å². The van der Waals surface area contributed by atoms with E-state index in [4.69, 9.17) is 10.00 Å². The fraction of sp³-hybridized carbons (Fsp3) is 0.273. The summed E-state index contributed by atoms with van der Waals surface area (Å²) in [6, 6.07) is 10.2. The van der Waals surface area contributed by atoms with Gasteiger partial charge in [0.25, 0.3) is 0 Å². The molecular formula is C11H12N2O2. The van der Waals surface area contributed by atoms with Crippen molar-refractivity contribution in [3.63, 3.8) is 0 Å². The standard InChI is InChI=1S/C11H12N2O2/c1-9(8-12)13(2)11(14)15-10-6-4-3-5-7-10/h3-7,9H,1-2H3. The highest BCUT2D eigenvalue weighted by Crippen LogP contribution is 2.10. The van der Waals surface area contributed by atoms with Gasteiger partial charge in [0.15, 0.2) is 0 Å². The third kappa shape index (κ3) is 2.99. The van der Waals surface area contributed by atoms with E-state index in [2.05, 4.69) is 0 Å². The molecule has 1 unspecified atom stereocenters. The Labute approximate surface area is 88.7 Å². The summed E-state index contributed by atoms with van der Waals surface area (Å²) in [5, 5.41) is 8.62. The lowest BCUT2D eigenvalue weighted by atomic mass is 10.3. The number of hydrogen-bond donors (Lipinski definition) is 0. The smallest absolute Gasteiger partial charge is 0.410 e. The molecule has 1 atom stereocenters. The molecule has 0 aliphatic rings. The lowest BCUT2D eigenvalue weighted by Gasteiger charge is -2.18. The van der Waals surface area contributed by atoms with Gasteiger partial charge in [-0.15, -0.1) is 0 Å². The highest BCUT2D eigenvalue weighted by Gasteiger charge is 2.16. The summed E-state index contributed by atoms with van der Waals surface area (Å²) >= 11 is 0. The van der Waals surface area contributed by atoms with Crippen LogP contribution in [0.2, 0.25) is 0 Å². The molecule has 0 N–H and O–H groups in total. The molecule has 0 saturated carbocycles. The average molecular weight is 204 g/mol. The lowest BCUT2D eigenvalue weighted by molar-refractivity contribution is 0.157. The first-order chi connectivity index (χ1) is 7.15. The van der Waals surface area contributed by atoms with Crippen molar-refractivity contribution in [1.82, 2.24) is 4.90 Å². The Balaban J connectivity index is 2.61. The molecule has 0 saturated heterocycles. The molecule has 1 rings (SSSR count). The van der Waals surface area contributed by atoms with Crippen molar-refractivity contribution in [3.8, 4) is 11.8 Å². The number of nitriles is 1. The van der Waals surface area contributed by atoms with Gasteiger partial charge in [-0.05, 0) is 19.1 Å². The molecule has 78 valence electrons. The van der Waals surface area contributed by atoms with E-state index >= 15 is 0 Å². The minimum absolute atomic E-state index is 0.472. The van der Waals surface area contributed by atoms with Gasteiger partial charge in [-0.2, -0.15) is 5.26 Å². The summed E-state index contributed by atoms with van der Waals surface area (Å²) in [6.07, 6.45) is -0.532. The number of carbonyl (C=O) groups excluding carboxylic acids is 1. The maximum Gasteiger partial charge on any atom is 0.416 e. The van der Waals surface area contributed by atoms with Gasteiger partial charge in [0.05, 0.1) is 6.07 Å². The van der Waals surface area contributed by atoms with Gasteiger partial charge in [-0.1, -0.05) is 18.2 Å². The molecule has 0 heterocycles. The predicted molar refractivity (Wildman–Crippen MR) is 55.3 cm³/mol. The highest BCUT2D eigenvalue weighted by atomic mass is 16.6. The number of carbonyl (C=O) groups is 1. The molecule has 15 heavy (non-hydrogen) atoms. The lowest BCUT2D eigenvalue weighted by Crippen LogP contribution is -2.36. The number of para-hydroxylation sites is 1. The van der Waals surface area contributed by atoms with Crippen molar-refractivity contribution < 1.29 is 9.53 Å². The van der Waals surface area contributed by atoms with E-state index in [0.717, 1.165) is 0 Å². The number of ether oxygens (including phenoxy) is 1. The summed E-state index contributed by atoms with van der Waals surface area (Å²) in [5.41, 5.74) is 0. The van der Waals surface area contributed by atoms with Crippen LogP contribution in [0.15, 0.2) is 30.3 Å². The summed E-state index contributed by atoms with van der Waals surface area (Å²) in [4.78, 5) is 12.7. The molecule has 1 amide bonds. The zero-order valence-electron chi connectivity index (χ0n) is 8.68. The van der Waals surface area contributed by atoms with Crippen LogP contribution in [0.4, 0.5) is 4.79 Å².